The van der Waals surface area contributed by atoms with Crippen molar-refractivity contribution in [2.45, 2.75) is 160 Å². The van der Waals surface area contributed by atoms with E-state index in [9.17, 15) is 86.5 Å². The second kappa shape index (κ2) is 20.8. The van der Waals surface area contributed by atoms with Crippen LogP contribution in [-0.2, 0) is 47.4 Å². The van der Waals surface area contributed by atoms with Gasteiger partial charge in [-0.3, -0.25) is 4.79 Å². The molecule has 5 heterocycles. The fourth-order valence-electron chi connectivity index (χ4n) is 7.43. The number of hydrogen-bond donors (Lipinski definition) is 17. The molecular weight excluding hydrogens is 814 g/mol. The fraction of sp³-hybridized carbons (Fsp3) is 0.969. The Morgan fingerprint density at radius 1 is 0.407 bits per heavy atom. The Morgan fingerprint density at radius 2 is 0.780 bits per heavy atom. The van der Waals surface area contributed by atoms with Crippen molar-refractivity contribution in [3.05, 3.63) is 0 Å². The Kier molecular flexibility index (Phi) is 17.1. The van der Waals surface area contributed by atoms with Crippen LogP contribution in [0.5, 0.6) is 0 Å². The second-order valence-electron chi connectivity index (χ2n) is 14.7. The summed E-state index contributed by atoms with van der Waals surface area (Å²) in [4.78, 5) is 12.4. The SMILES string of the molecule is CC(=O)NC1[C@H](O[C@@H]2C(O)[C@H](O[C@@H]3C(CO)O[C@@H](O)C(O)[C@H]3O)OC(CO)[C@@H]2O)OC(CO)[C@@H](O[C@@H]2OC(CO)[C@H](O)[C@H](O[C@H]3OC(CO)[C@H](O)[C@H](O)C3O)C2O)[C@@H]1O. The van der Waals surface area contributed by atoms with Crippen molar-refractivity contribution in [3.8, 4) is 0 Å². The maximum Gasteiger partial charge on any atom is 0.217 e. The summed E-state index contributed by atoms with van der Waals surface area (Å²) in [5.41, 5.74) is 0. The van der Waals surface area contributed by atoms with E-state index in [0.717, 1.165) is 6.92 Å². The number of aliphatic hydroxyl groups is 16. The zero-order valence-corrected chi connectivity index (χ0v) is 31.2. The molecule has 59 heavy (non-hydrogen) atoms. The minimum absolute atomic E-state index is 0.817. The first kappa shape index (κ1) is 48.5. The van der Waals surface area contributed by atoms with Crippen LogP contribution in [-0.4, -0.2) is 274 Å². The molecule has 5 saturated heterocycles. The third-order valence-electron chi connectivity index (χ3n) is 10.7. The average molecular weight is 870 g/mol. The lowest BCUT2D eigenvalue weighted by atomic mass is 9.94. The number of aliphatic hydroxyl groups excluding tert-OH is 16. The summed E-state index contributed by atoms with van der Waals surface area (Å²) >= 11 is 0. The molecule has 17 N–H and O–H groups in total. The number of ether oxygens (including phenoxy) is 9. The fourth-order valence-corrected chi connectivity index (χ4v) is 7.43. The van der Waals surface area contributed by atoms with Crippen LogP contribution in [0, 0.1) is 0 Å². The van der Waals surface area contributed by atoms with Gasteiger partial charge in [0.1, 0.15) is 122 Å². The van der Waals surface area contributed by atoms with E-state index >= 15 is 0 Å². The van der Waals surface area contributed by atoms with E-state index in [2.05, 4.69) is 5.32 Å². The Bertz CT molecular complexity index is 1320. The Morgan fingerprint density at radius 3 is 1.24 bits per heavy atom. The molecule has 0 aliphatic carbocycles. The summed E-state index contributed by atoms with van der Waals surface area (Å²) in [5, 5.41) is 169. The van der Waals surface area contributed by atoms with Gasteiger partial charge in [-0.1, -0.05) is 0 Å². The third-order valence-corrected chi connectivity index (χ3v) is 10.7. The van der Waals surface area contributed by atoms with Crippen molar-refractivity contribution in [1.82, 2.24) is 5.32 Å². The van der Waals surface area contributed by atoms with Crippen LogP contribution in [0.1, 0.15) is 6.92 Å². The molecule has 5 rings (SSSR count). The molecule has 0 saturated carbocycles. The van der Waals surface area contributed by atoms with Gasteiger partial charge in [0.25, 0.3) is 0 Å². The van der Waals surface area contributed by atoms with Crippen LogP contribution in [0.4, 0.5) is 0 Å². The summed E-state index contributed by atoms with van der Waals surface area (Å²) in [5.74, 6) is -0.817. The van der Waals surface area contributed by atoms with Gasteiger partial charge in [-0.15, -0.1) is 0 Å². The molecular formula is C32H55NO26. The molecule has 0 spiro atoms. The Balaban J connectivity index is 1.35. The first-order valence-corrected chi connectivity index (χ1v) is 18.6. The van der Waals surface area contributed by atoms with E-state index in [1.807, 2.05) is 0 Å². The smallest absolute Gasteiger partial charge is 0.217 e. The van der Waals surface area contributed by atoms with Crippen molar-refractivity contribution in [2.24, 2.45) is 0 Å². The summed E-state index contributed by atoms with van der Waals surface area (Å²) in [7, 11) is 0. The van der Waals surface area contributed by atoms with Gasteiger partial charge in [-0.05, 0) is 0 Å². The molecule has 5 fully saturated rings. The third kappa shape index (κ3) is 10.2. The summed E-state index contributed by atoms with van der Waals surface area (Å²) in [6, 6.07) is -1.72. The molecule has 1 amide bonds. The molecule has 27 heteroatoms. The molecule has 25 atom stereocenters. The number of nitrogens with one attached hydrogen (secondary N) is 1. The highest BCUT2D eigenvalue weighted by molar-refractivity contribution is 5.73. The van der Waals surface area contributed by atoms with Gasteiger partial charge in [0.05, 0.1) is 33.0 Å². The van der Waals surface area contributed by atoms with Crippen molar-refractivity contribution >= 4 is 5.91 Å². The maximum absolute atomic E-state index is 12.4. The van der Waals surface area contributed by atoms with Crippen LogP contribution in [0.3, 0.4) is 0 Å². The minimum atomic E-state index is -2.09. The quantitative estimate of drug-likeness (QED) is 0.0770. The highest BCUT2D eigenvalue weighted by Gasteiger charge is 2.57. The van der Waals surface area contributed by atoms with Gasteiger partial charge in [-0.2, -0.15) is 0 Å². The molecule has 5 aliphatic rings. The van der Waals surface area contributed by atoms with Gasteiger partial charge in [0, 0.05) is 6.92 Å². The molecule has 0 aromatic heterocycles. The van der Waals surface area contributed by atoms with Crippen LogP contribution in [0.2, 0.25) is 0 Å². The Hall–Kier alpha value is -1.53. The topological polar surface area (TPSA) is 436 Å². The van der Waals surface area contributed by atoms with E-state index in [0.29, 0.717) is 0 Å². The molecule has 0 aromatic carbocycles. The van der Waals surface area contributed by atoms with Crippen molar-refractivity contribution < 1.29 is 129 Å². The monoisotopic (exact) mass is 869 g/mol. The highest BCUT2D eigenvalue weighted by Crippen LogP contribution is 2.35. The predicted molar refractivity (Wildman–Crippen MR) is 178 cm³/mol. The average Bonchev–Trinajstić information content (AvgIpc) is 3.21. The van der Waals surface area contributed by atoms with Crippen molar-refractivity contribution in [1.29, 1.82) is 0 Å². The molecule has 5 aliphatic heterocycles. The molecule has 0 aromatic rings. The van der Waals surface area contributed by atoms with Gasteiger partial charge in [-0.25, -0.2) is 0 Å². The van der Waals surface area contributed by atoms with E-state index < -0.39 is 192 Å². The van der Waals surface area contributed by atoms with Crippen LogP contribution < -0.4 is 5.32 Å². The predicted octanol–water partition coefficient (Wildman–Crippen LogP) is -11.8. The number of hydrogen-bond acceptors (Lipinski definition) is 26. The number of amides is 1. The lowest BCUT2D eigenvalue weighted by molar-refractivity contribution is -0.386. The second-order valence-corrected chi connectivity index (χ2v) is 14.7. The normalized spacial score (nSPS) is 51.0. The number of rotatable bonds is 14. The first-order chi connectivity index (χ1) is 27.9. The van der Waals surface area contributed by atoms with Crippen LogP contribution >= 0.6 is 0 Å². The summed E-state index contributed by atoms with van der Waals surface area (Å²) in [6.45, 7) is -3.57. The lowest BCUT2D eigenvalue weighted by Gasteiger charge is -2.50. The van der Waals surface area contributed by atoms with E-state index in [1.165, 1.54) is 0 Å². The molecule has 0 radical (unpaired) electrons. The maximum atomic E-state index is 12.4. The molecule has 27 nitrogen and oxygen atoms in total. The highest BCUT2D eigenvalue weighted by atomic mass is 16.8. The lowest BCUT2D eigenvalue weighted by Crippen LogP contribution is -2.70. The van der Waals surface area contributed by atoms with Gasteiger partial charge in [0.15, 0.2) is 31.5 Å². The van der Waals surface area contributed by atoms with E-state index in [-0.39, 0.29) is 0 Å². The van der Waals surface area contributed by atoms with Crippen molar-refractivity contribution in [2.75, 3.05) is 33.0 Å². The number of carbonyl (C=O) groups excluding carboxylic acids is 1. The molecule has 0 bridgehead atoms. The zero-order chi connectivity index (χ0) is 43.6. The van der Waals surface area contributed by atoms with Crippen molar-refractivity contribution in [3.63, 3.8) is 0 Å². The van der Waals surface area contributed by atoms with Crippen LogP contribution in [0.25, 0.3) is 0 Å². The minimum Gasteiger partial charge on any atom is -0.394 e. The van der Waals surface area contributed by atoms with E-state index in [4.69, 9.17) is 42.6 Å². The van der Waals surface area contributed by atoms with Crippen LogP contribution in [0.15, 0.2) is 0 Å². The summed E-state index contributed by atoms with van der Waals surface area (Å²) < 4.78 is 50.0. The number of carbonyl (C=O) groups is 1. The standard InChI is InChI=1S/C32H55NO26/c1-7(39)33-13-17(43)24(56-31-23(49)27(16(42)10(4-36)53-31)59-30-21(47)18(44)14(40)8(2-34)52-30)12(6-38)55-29(13)58-26-15(41)9(3-35)54-32(22(26)48)57-25-11(5-37)51-28(50)20(46)19(25)45/h8-32,34-38,40-50H,2-6H2,1H3,(H,33,39)/t8?,9?,10?,11?,12?,13?,14-,15-,16-,17+,18-,19+,20?,21?,22?,23?,24+,25+,26-,27-,28+,29-,30+,31-,32-/m0/s1. The van der Waals surface area contributed by atoms with E-state index in [1.54, 1.807) is 0 Å². The molecule has 344 valence electrons. The largest absolute Gasteiger partial charge is 0.394 e. The van der Waals surface area contributed by atoms with Gasteiger partial charge < -0.3 is 130 Å². The first-order valence-electron chi connectivity index (χ1n) is 18.6. The Labute approximate surface area is 333 Å². The summed E-state index contributed by atoms with van der Waals surface area (Å²) in [6.07, 6.45) is -44.3. The zero-order valence-electron chi connectivity index (χ0n) is 31.2. The van der Waals surface area contributed by atoms with Gasteiger partial charge in [0.2, 0.25) is 5.91 Å². The molecule has 10 unspecified atom stereocenters. The van der Waals surface area contributed by atoms with Gasteiger partial charge >= 0.3 is 0 Å².